The van der Waals surface area contributed by atoms with Crippen LogP contribution >= 0.6 is 11.8 Å². The van der Waals surface area contributed by atoms with Gasteiger partial charge in [0, 0.05) is 19.0 Å². The molecule has 0 bridgehead atoms. The number of imide groups is 1. The summed E-state index contributed by atoms with van der Waals surface area (Å²) in [5.74, 6) is 0.461. The second-order valence-electron chi connectivity index (χ2n) is 5.26. The maximum absolute atomic E-state index is 12.3. The molecule has 2 N–H and O–H groups in total. The van der Waals surface area contributed by atoms with Crippen molar-refractivity contribution in [2.24, 2.45) is 5.73 Å². The van der Waals surface area contributed by atoms with E-state index in [1.807, 2.05) is 25.3 Å². The summed E-state index contributed by atoms with van der Waals surface area (Å²) in [5, 5.41) is 8.41. The first-order valence-corrected chi connectivity index (χ1v) is 8.02. The van der Waals surface area contributed by atoms with Crippen LogP contribution in [0.3, 0.4) is 0 Å². The predicted octanol–water partition coefficient (Wildman–Crippen LogP) is 0.947. The van der Waals surface area contributed by atoms with Crippen molar-refractivity contribution in [2.45, 2.75) is 56.6 Å². The number of amides is 2. The molecule has 7 nitrogen and oxygen atoms in total. The van der Waals surface area contributed by atoms with Gasteiger partial charge in [-0.05, 0) is 20.3 Å². The van der Waals surface area contributed by atoms with E-state index in [0.717, 1.165) is 6.42 Å². The van der Waals surface area contributed by atoms with Gasteiger partial charge in [0.1, 0.15) is 11.1 Å². The monoisotopic (exact) mass is 311 g/mol. The van der Waals surface area contributed by atoms with E-state index in [1.165, 1.54) is 16.7 Å². The summed E-state index contributed by atoms with van der Waals surface area (Å²) < 4.78 is 1.92. The second kappa shape index (κ2) is 6.57. The van der Waals surface area contributed by atoms with Gasteiger partial charge in [0.05, 0.1) is 6.54 Å². The third kappa shape index (κ3) is 3.11. The number of hydrogen-bond acceptors (Lipinski definition) is 6. The van der Waals surface area contributed by atoms with E-state index in [0.29, 0.717) is 24.1 Å². The number of thioether (sulfide) groups is 1. The zero-order chi connectivity index (χ0) is 15.6. The number of hydrogen-bond donors (Lipinski definition) is 1. The first-order valence-electron chi connectivity index (χ1n) is 7.14. The highest BCUT2D eigenvalue weighted by Gasteiger charge is 2.39. The lowest BCUT2D eigenvalue weighted by Gasteiger charge is -2.15. The molecule has 0 aromatic carbocycles. The van der Waals surface area contributed by atoms with E-state index < -0.39 is 5.25 Å². The third-order valence-corrected chi connectivity index (χ3v) is 4.47. The smallest absolute Gasteiger partial charge is 0.243 e. The van der Waals surface area contributed by atoms with Crippen molar-refractivity contribution in [3.63, 3.8) is 0 Å². The summed E-state index contributed by atoms with van der Waals surface area (Å²) in [6, 6.07) is 0.153. The maximum Gasteiger partial charge on any atom is 0.243 e. The van der Waals surface area contributed by atoms with Crippen LogP contribution in [0.5, 0.6) is 0 Å². The fraction of sp³-hybridized carbons (Fsp3) is 0.692. The van der Waals surface area contributed by atoms with Crippen molar-refractivity contribution in [2.75, 3.05) is 6.54 Å². The Bertz CT molecular complexity index is 543. The van der Waals surface area contributed by atoms with Crippen molar-refractivity contribution in [1.82, 2.24) is 19.7 Å². The molecule has 1 fully saturated rings. The summed E-state index contributed by atoms with van der Waals surface area (Å²) in [5.41, 5.74) is 5.66. The number of rotatable bonds is 6. The zero-order valence-corrected chi connectivity index (χ0v) is 13.4. The largest absolute Gasteiger partial charge is 0.324 e. The van der Waals surface area contributed by atoms with Crippen molar-refractivity contribution in [1.29, 1.82) is 0 Å². The number of carbonyl (C=O) groups is 2. The minimum absolute atomic E-state index is 0.103. The van der Waals surface area contributed by atoms with Gasteiger partial charge in [-0.2, -0.15) is 0 Å². The van der Waals surface area contributed by atoms with E-state index in [1.54, 1.807) is 0 Å². The molecular formula is C13H21N5O2S. The molecule has 1 aromatic heterocycles. The Kier molecular flexibility index (Phi) is 5.00. The standard InChI is InChI=1S/C13H21N5O2S/c1-4-5-17-11(19)6-9(12(17)20)21-13-16-15-10(7-14)18(13)8(2)3/h8-9H,4-7,14H2,1-3H3. The quantitative estimate of drug-likeness (QED) is 0.786. The molecule has 2 rings (SSSR count). The van der Waals surface area contributed by atoms with Gasteiger partial charge in [-0.25, -0.2) is 0 Å². The highest BCUT2D eigenvalue weighted by molar-refractivity contribution is 8.00. The molecule has 0 saturated carbocycles. The van der Waals surface area contributed by atoms with Gasteiger partial charge in [-0.15, -0.1) is 10.2 Å². The van der Waals surface area contributed by atoms with E-state index in [4.69, 9.17) is 5.73 Å². The van der Waals surface area contributed by atoms with Gasteiger partial charge in [0.2, 0.25) is 11.8 Å². The van der Waals surface area contributed by atoms with E-state index >= 15 is 0 Å². The van der Waals surface area contributed by atoms with Crippen LogP contribution in [0.15, 0.2) is 5.16 Å². The fourth-order valence-corrected chi connectivity index (χ4v) is 3.60. The molecule has 1 aliphatic rings. The summed E-state index contributed by atoms with van der Waals surface area (Å²) in [6.07, 6.45) is 1.00. The highest BCUT2D eigenvalue weighted by atomic mass is 32.2. The molecule has 1 aromatic rings. The molecular weight excluding hydrogens is 290 g/mol. The Balaban J connectivity index is 2.18. The van der Waals surface area contributed by atoms with Crippen molar-refractivity contribution in [3.05, 3.63) is 5.82 Å². The van der Waals surface area contributed by atoms with Gasteiger partial charge >= 0.3 is 0 Å². The Hall–Kier alpha value is -1.41. The topological polar surface area (TPSA) is 94.1 Å². The summed E-state index contributed by atoms with van der Waals surface area (Å²) in [7, 11) is 0. The van der Waals surface area contributed by atoms with Gasteiger partial charge in [0.25, 0.3) is 0 Å². The summed E-state index contributed by atoms with van der Waals surface area (Å²) in [4.78, 5) is 25.5. The van der Waals surface area contributed by atoms with Crippen LogP contribution in [-0.4, -0.2) is 43.3 Å². The molecule has 0 aliphatic carbocycles. The fourth-order valence-electron chi connectivity index (χ4n) is 2.38. The summed E-state index contributed by atoms with van der Waals surface area (Å²) in [6.45, 7) is 6.75. The zero-order valence-electron chi connectivity index (χ0n) is 12.6. The van der Waals surface area contributed by atoms with E-state index in [9.17, 15) is 9.59 Å². The number of aromatic nitrogens is 3. The molecule has 1 aliphatic heterocycles. The molecule has 21 heavy (non-hydrogen) atoms. The van der Waals surface area contributed by atoms with Crippen LogP contribution in [0.4, 0.5) is 0 Å². The molecule has 1 unspecified atom stereocenters. The average molecular weight is 311 g/mol. The van der Waals surface area contributed by atoms with E-state index in [2.05, 4.69) is 10.2 Å². The lowest BCUT2D eigenvalue weighted by atomic mass is 10.3. The Morgan fingerprint density at radius 1 is 1.38 bits per heavy atom. The van der Waals surface area contributed by atoms with Crippen molar-refractivity contribution >= 4 is 23.6 Å². The minimum atomic E-state index is -0.406. The van der Waals surface area contributed by atoms with Crippen molar-refractivity contribution in [3.8, 4) is 0 Å². The van der Waals surface area contributed by atoms with Crippen molar-refractivity contribution < 1.29 is 9.59 Å². The van der Waals surface area contributed by atoms with Crippen LogP contribution in [0, 0.1) is 0 Å². The van der Waals surface area contributed by atoms with Crippen LogP contribution in [0.2, 0.25) is 0 Å². The molecule has 2 amide bonds. The first-order chi connectivity index (χ1) is 9.99. The van der Waals surface area contributed by atoms with Gasteiger partial charge in [-0.1, -0.05) is 18.7 Å². The minimum Gasteiger partial charge on any atom is -0.324 e. The first kappa shape index (κ1) is 16.0. The van der Waals surface area contributed by atoms with Gasteiger partial charge in [0.15, 0.2) is 5.16 Å². The van der Waals surface area contributed by atoms with Crippen LogP contribution in [0.1, 0.15) is 45.5 Å². The molecule has 0 spiro atoms. The van der Waals surface area contributed by atoms with Crippen LogP contribution in [-0.2, 0) is 16.1 Å². The highest BCUT2D eigenvalue weighted by Crippen LogP contribution is 2.32. The Labute approximate surface area is 128 Å². The lowest BCUT2D eigenvalue weighted by molar-refractivity contribution is -0.138. The third-order valence-electron chi connectivity index (χ3n) is 3.33. The Morgan fingerprint density at radius 2 is 2.10 bits per heavy atom. The normalized spacial score (nSPS) is 19.1. The SMILES string of the molecule is CCCN1C(=O)CC(Sc2nnc(CN)n2C(C)C)C1=O. The number of nitrogens with two attached hydrogens (primary N) is 1. The Morgan fingerprint density at radius 3 is 2.67 bits per heavy atom. The van der Waals surface area contributed by atoms with E-state index in [-0.39, 0.29) is 24.3 Å². The molecule has 0 radical (unpaired) electrons. The summed E-state index contributed by atoms with van der Waals surface area (Å²) >= 11 is 1.31. The van der Waals surface area contributed by atoms with Gasteiger partial charge in [-0.3, -0.25) is 14.5 Å². The molecule has 2 heterocycles. The average Bonchev–Trinajstić information content (AvgIpc) is 2.96. The molecule has 1 atom stereocenters. The molecule has 1 saturated heterocycles. The molecule has 8 heteroatoms. The predicted molar refractivity (Wildman–Crippen MR) is 79.6 cm³/mol. The lowest BCUT2D eigenvalue weighted by Crippen LogP contribution is -2.32. The number of likely N-dealkylation sites (tertiary alicyclic amines) is 1. The molecule has 116 valence electrons. The van der Waals surface area contributed by atoms with Crippen LogP contribution in [0.25, 0.3) is 0 Å². The maximum atomic E-state index is 12.3. The number of carbonyl (C=O) groups excluding carboxylic acids is 2. The van der Waals surface area contributed by atoms with Crippen LogP contribution < -0.4 is 5.73 Å². The number of nitrogens with zero attached hydrogens (tertiary/aromatic N) is 4. The van der Waals surface area contributed by atoms with Gasteiger partial charge < -0.3 is 10.3 Å². The second-order valence-corrected chi connectivity index (χ2v) is 6.43.